The third-order valence-electron chi connectivity index (χ3n) is 5.49. The van der Waals surface area contributed by atoms with Crippen LogP contribution in [-0.4, -0.2) is 54.7 Å². The van der Waals surface area contributed by atoms with E-state index in [1.165, 1.54) is 18.2 Å². The monoisotopic (exact) mass is 539 g/mol. The molecule has 0 aliphatic rings. The first-order chi connectivity index (χ1) is 17.7. The lowest BCUT2D eigenvalue weighted by molar-refractivity contribution is -0.153. The summed E-state index contributed by atoms with van der Waals surface area (Å²) in [5, 5.41) is 9.62. The average Bonchev–Trinajstić information content (AvgIpc) is 2.84. The van der Waals surface area contributed by atoms with Gasteiger partial charge in [0.1, 0.15) is 6.04 Å². The minimum absolute atomic E-state index is 0.0492. The third-order valence-corrected chi connectivity index (χ3v) is 5.49. The van der Waals surface area contributed by atoms with Gasteiger partial charge in [-0.1, -0.05) is 47.6 Å². The molecule has 3 unspecified atom stereocenters. The number of carboxylic acid groups (broad SMARTS) is 1. The molecule has 38 heavy (non-hydrogen) atoms. The first-order valence-electron chi connectivity index (χ1n) is 12.8. The molecule has 0 aliphatic heterocycles. The van der Waals surface area contributed by atoms with E-state index >= 15 is 0 Å². The summed E-state index contributed by atoms with van der Waals surface area (Å²) in [5.74, 6) is -3.03. The Labute approximate surface area is 223 Å². The van der Waals surface area contributed by atoms with E-state index in [9.17, 15) is 24.3 Å². The number of hydrogen-bond acceptors (Lipinski definition) is 10. The van der Waals surface area contributed by atoms with Crippen LogP contribution in [0.5, 0.6) is 11.5 Å². The van der Waals surface area contributed by atoms with Crippen LogP contribution in [0.25, 0.3) is 0 Å². The number of carbonyl (C=O) groups is 4. The van der Waals surface area contributed by atoms with Crippen LogP contribution in [0.4, 0.5) is 9.59 Å². The van der Waals surface area contributed by atoms with E-state index in [0.717, 1.165) is 0 Å². The molecule has 1 aromatic rings. The second kappa shape index (κ2) is 15.8. The predicted molar refractivity (Wildman–Crippen MR) is 138 cm³/mol. The van der Waals surface area contributed by atoms with Gasteiger partial charge in [0, 0.05) is 5.92 Å². The third kappa shape index (κ3) is 11.4. The molecule has 0 saturated carbocycles. The van der Waals surface area contributed by atoms with Crippen molar-refractivity contribution in [2.45, 2.75) is 79.4 Å². The number of carboxylic acids is 1. The molecule has 0 saturated heterocycles. The maximum Gasteiger partial charge on any atom is 0.513 e. The van der Waals surface area contributed by atoms with Crippen molar-refractivity contribution >= 4 is 24.2 Å². The minimum Gasteiger partial charge on any atom is -0.480 e. The molecular weight excluding hydrogens is 498 g/mol. The number of benzene rings is 1. The lowest BCUT2D eigenvalue weighted by Gasteiger charge is -2.26. The Kier molecular flexibility index (Phi) is 13.6. The normalized spacial score (nSPS) is 14.3. The Morgan fingerprint density at radius 1 is 0.868 bits per heavy atom. The van der Waals surface area contributed by atoms with Crippen molar-refractivity contribution in [3.8, 4) is 11.5 Å². The Morgan fingerprint density at radius 3 is 1.87 bits per heavy atom. The molecule has 0 spiro atoms. The van der Waals surface area contributed by atoms with Crippen LogP contribution in [0.1, 0.15) is 72.8 Å². The Morgan fingerprint density at radius 2 is 1.39 bits per heavy atom. The van der Waals surface area contributed by atoms with E-state index in [2.05, 4.69) is 0 Å². The predicted octanol–water partition coefficient (Wildman–Crippen LogP) is 4.89. The molecule has 0 amide bonds. The highest BCUT2D eigenvalue weighted by molar-refractivity contribution is 5.75. The van der Waals surface area contributed by atoms with Gasteiger partial charge in [0.05, 0.1) is 25.2 Å². The number of hydrogen-bond donors (Lipinski definition) is 2. The molecule has 1 aromatic carbocycles. The summed E-state index contributed by atoms with van der Waals surface area (Å²) in [6.07, 6.45) is -2.03. The summed E-state index contributed by atoms with van der Waals surface area (Å²) < 4.78 is 26.1. The van der Waals surface area contributed by atoms with Crippen LogP contribution >= 0.6 is 0 Å². The summed E-state index contributed by atoms with van der Waals surface area (Å²) in [5.41, 5.74) is 6.36. The summed E-state index contributed by atoms with van der Waals surface area (Å²) in [7, 11) is 0. The fourth-order valence-corrected chi connectivity index (χ4v) is 3.18. The van der Waals surface area contributed by atoms with Gasteiger partial charge in [0.15, 0.2) is 11.5 Å². The fourth-order valence-electron chi connectivity index (χ4n) is 3.18. The average molecular weight is 540 g/mol. The zero-order valence-corrected chi connectivity index (χ0v) is 23.2. The molecule has 0 aliphatic carbocycles. The fraction of sp³-hybridized carbons (Fsp3) is 0.630. The topological polar surface area (TPSA) is 161 Å². The van der Waals surface area contributed by atoms with E-state index in [0.29, 0.717) is 12.0 Å². The van der Waals surface area contributed by atoms with Gasteiger partial charge in [-0.05, 0) is 49.3 Å². The molecule has 0 bridgehead atoms. The van der Waals surface area contributed by atoms with E-state index < -0.39 is 42.3 Å². The summed E-state index contributed by atoms with van der Waals surface area (Å²) in [6.45, 7) is 12.9. The van der Waals surface area contributed by atoms with Gasteiger partial charge in [0.25, 0.3) is 0 Å². The largest absolute Gasteiger partial charge is 0.513 e. The van der Waals surface area contributed by atoms with Crippen LogP contribution in [0, 0.1) is 17.8 Å². The zero-order valence-electron chi connectivity index (χ0n) is 23.2. The molecule has 11 heteroatoms. The SMILES string of the molecule is CCC(C)C(=O)OC(C)CC(c1ccc(OC(=O)OCC(C)C)c(OC(=O)OCC(C)C)c1)[C@H](N)C(=O)O. The summed E-state index contributed by atoms with van der Waals surface area (Å²) in [6, 6.07) is 2.81. The van der Waals surface area contributed by atoms with Crippen molar-refractivity contribution in [1.82, 2.24) is 0 Å². The van der Waals surface area contributed by atoms with Gasteiger partial charge in [0.2, 0.25) is 0 Å². The van der Waals surface area contributed by atoms with Crippen molar-refractivity contribution in [1.29, 1.82) is 0 Å². The zero-order chi connectivity index (χ0) is 29.0. The van der Waals surface area contributed by atoms with Crippen molar-refractivity contribution in [2.24, 2.45) is 23.5 Å². The van der Waals surface area contributed by atoms with Crippen molar-refractivity contribution in [2.75, 3.05) is 13.2 Å². The Balaban J connectivity index is 3.31. The molecule has 1 rings (SSSR count). The molecule has 0 fully saturated rings. The van der Waals surface area contributed by atoms with Gasteiger partial charge in [-0.15, -0.1) is 0 Å². The first kappa shape index (κ1) is 32.7. The van der Waals surface area contributed by atoms with Crippen LogP contribution in [0.15, 0.2) is 18.2 Å². The van der Waals surface area contributed by atoms with E-state index in [1.54, 1.807) is 13.8 Å². The van der Waals surface area contributed by atoms with E-state index in [4.69, 9.17) is 29.4 Å². The number of esters is 1. The second-order valence-corrected chi connectivity index (χ2v) is 10.1. The minimum atomic E-state index is -1.37. The van der Waals surface area contributed by atoms with Crippen LogP contribution in [0.2, 0.25) is 0 Å². The van der Waals surface area contributed by atoms with Gasteiger partial charge in [-0.2, -0.15) is 0 Å². The highest BCUT2D eigenvalue weighted by Crippen LogP contribution is 2.35. The summed E-state index contributed by atoms with van der Waals surface area (Å²) in [4.78, 5) is 48.5. The number of aliphatic carboxylic acids is 1. The molecule has 11 nitrogen and oxygen atoms in total. The maximum absolute atomic E-state index is 12.3. The second-order valence-electron chi connectivity index (χ2n) is 10.1. The number of ether oxygens (including phenoxy) is 5. The highest BCUT2D eigenvalue weighted by Gasteiger charge is 2.30. The van der Waals surface area contributed by atoms with Crippen molar-refractivity contribution in [3.63, 3.8) is 0 Å². The quantitative estimate of drug-likeness (QED) is 0.188. The molecule has 214 valence electrons. The Hall–Kier alpha value is -3.34. The van der Waals surface area contributed by atoms with Crippen molar-refractivity contribution < 1.29 is 48.0 Å². The smallest absolute Gasteiger partial charge is 0.480 e. The van der Waals surface area contributed by atoms with Gasteiger partial charge in [-0.3, -0.25) is 9.59 Å². The standard InChI is InChI=1S/C27H41NO10/c1-8-17(6)25(31)36-18(7)11-20(23(28)24(29)30)19-9-10-21(37-26(32)34-13-15(2)3)22(12-19)38-27(33)35-14-16(4)5/h9-10,12,15-18,20,23H,8,11,13-14,28H2,1-7H3,(H,29,30)/t17?,18?,20?,23-/m0/s1. The summed E-state index contributed by atoms with van der Waals surface area (Å²) >= 11 is 0. The number of rotatable bonds is 14. The molecule has 3 N–H and O–H groups in total. The van der Waals surface area contributed by atoms with Crippen LogP contribution in [0.3, 0.4) is 0 Å². The molecule has 0 radical (unpaired) electrons. The Bertz CT molecular complexity index is 946. The number of carbonyl (C=O) groups excluding carboxylic acids is 3. The van der Waals surface area contributed by atoms with Crippen LogP contribution in [-0.2, 0) is 23.8 Å². The van der Waals surface area contributed by atoms with Gasteiger partial charge in [-0.25, -0.2) is 9.59 Å². The lowest BCUT2D eigenvalue weighted by Crippen LogP contribution is -2.38. The lowest BCUT2D eigenvalue weighted by atomic mass is 9.87. The van der Waals surface area contributed by atoms with Crippen LogP contribution < -0.4 is 15.2 Å². The van der Waals surface area contributed by atoms with Gasteiger partial charge >= 0.3 is 24.2 Å². The number of nitrogens with two attached hydrogens (primary N) is 1. The molecule has 0 aromatic heterocycles. The first-order valence-corrected chi connectivity index (χ1v) is 12.8. The van der Waals surface area contributed by atoms with Gasteiger partial charge < -0.3 is 34.5 Å². The van der Waals surface area contributed by atoms with Crippen molar-refractivity contribution in [3.05, 3.63) is 23.8 Å². The van der Waals surface area contributed by atoms with E-state index in [-0.39, 0.29) is 48.9 Å². The molecular formula is C27H41NO10. The maximum atomic E-state index is 12.3. The molecule has 0 heterocycles. The molecule has 4 atom stereocenters. The highest BCUT2D eigenvalue weighted by atomic mass is 16.7. The van der Waals surface area contributed by atoms with E-state index in [1.807, 2.05) is 34.6 Å².